The highest BCUT2D eigenvalue weighted by atomic mass is 16.5. The Hall–Kier alpha value is -4.36. The van der Waals surface area contributed by atoms with E-state index < -0.39 is 11.9 Å². The van der Waals surface area contributed by atoms with Crippen molar-refractivity contribution in [2.75, 3.05) is 6.61 Å². The Balaban J connectivity index is 1.83. The Morgan fingerprint density at radius 3 is 2.11 bits per heavy atom. The Bertz CT molecular complexity index is 1340. The van der Waals surface area contributed by atoms with Gasteiger partial charge in [0.05, 0.1) is 23.8 Å². The summed E-state index contributed by atoms with van der Waals surface area (Å²) in [4.78, 5) is 27.0. The number of rotatable bonds is 7. The molecule has 0 saturated carbocycles. The minimum Gasteiger partial charge on any atom is -0.463 e. The van der Waals surface area contributed by atoms with Crippen LogP contribution in [0.1, 0.15) is 37.0 Å². The third-order valence-corrected chi connectivity index (χ3v) is 6.04. The highest BCUT2D eigenvalue weighted by molar-refractivity contribution is 6.08. The molecule has 1 N–H and O–H groups in total. The second-order valence-corrected chi connectivity index (χ2v) is 8.52. The number of hydrogen-bond donors (Lipinski definition) is 1. The molecule has 0 saturated heterocycles. The number of Topliss-reactive ketones (excluding diaryl/α,β-unsaturated/α-hetero) is 1. The zero-order valence-electron chi connectivity index (χ0n) is 20.6. The smallest absolute Gasteiger partial charge is 0.337 e. The van der Waals surface area contributed by atoms with Crippen LogP contribution >= 0.6 is 0 Å². The number of esters is 1. The summed E-state index contributed by atoms with van der Waals surface area (Å²) < 4.78 is 5.39. The number of nitrogens with one attached hydrogen (secondary N) is 1. The molecule has 4 heteroatoms. The largest absolute Gasteiger partial charge is 0.463 e. The summed E-state index contributed by atoms with van der Waals surface area (Å²) in [7, 11) is 0. The number of hydrogen-bond acceptors (Lipinski definition) is 4. The summed E-state index contributed by atoms with van der Waals surface area (Å²) in [5.74, 6) is 5.22. The number of dihydropyridines is 1. The Labute approximate surface area is 212 Å². The Kier molecular flexibility index (Phi) is 8.16. The molecule has 180 valence electrons. The van der Waals surface area contributed by atoms with Gasteiger partial charge in [-0.2, -0.15) is 0 Å². The number of ether oxygens (including phenoxy) is 1. The molecule has 4 nitrogen and oxygen atoms in total. The SMILES string of the molecule is CCOC(=O)C1=C(C)NC(c2ccccc2)=C(C(=O)CCc2ccccc2)C1C#Cc1ccccc1. The fourth-order valence-electron chi connectivity index (χ4n) is 4.30. The average Bonchev–Trinajstić information content (AvgIpc) is 2.92. The van der Waals surface area contributed by atoms with Crippen molar-refractivity contribution in [3.05, 3.63) is 125 Å². The fourth-order valence-corrected chi connectivity index (χ4v) is 4.30. The lowest BCUT2D eigenvalue weighted by Gasteiger charge is -2.29. The van der Waals surface area contributed by atoms with E-state index >= 15 is 0 Å². The van der Waals surface area contributed by atoms with Crippen molar-refractivity contribution >= 4 is 17.4 Å². The van der Waals surface area contributed by atoms with E-state index in [1.807, 2.05) is 97.9 Å². The molecule has 0 bridgehead atoms. The molecule has 0 fully saturated rings. The number of benzene rings is 3. The first-order chi connectivity index (χ1) is 17.6. The molecule has 0 spiro atoms. The molecule has 0 amide bonds. The Morgan fingerprint density at radius 2 is 1.47 bits per heavy atom. The van der Waals surface area contributed by atoms with Crippen molar-refractivity contribution in [3.63, 3.8) is 0 Å². The molecule has 1 unspecified atom stereocenters. The quantitative estimate of drug-likeness (QED) is 0.351. The second-order valence-electron chi connectivity index (χ2n) is 8.52. The molecule has 1 atom stereocenters. The molecule has 0 aromatic heterocycles. The first-order valence-corrected chi connectivity index (χ1v) is 12.2. The molecule has 3 aromatic carbocycles. The first-order valence-electron chi connectivity index (χ1n) is 12.2. The van der Waals surface area contributed by atoms with Gasteiger partial charge in [-0.15, -0.1) is 0 Å². The predicted molar refractivity (Wildman–Crippen MR) is 142 cm³/mol. The van der Waals surface area contributed by atoms with E-state index in [-0.39, 0.29) is 12.4 Å². The van der Waals surface area contributed by atoms with Gasteiger partial charge in [-0.25, -0.2) is 4.79 Å². The lowest BCUT2D eigenvalue weighted by molar-refractivity contribution is -0.138. The van der Waals surface area contributed by atoms with Crippen LogP contribution in [0.15, 0.2) is 108 Å². The zero-order chi connectivity index (χ0) is 25.3. The summed E-state index contributed by atoms with van der Waals surface area (Å²) >= 11 is 0. The molecule has 1 heterocycles. The van der Waals surface area contributed by atoms with Crippen LogP contribution in [-0.2, 0) is 20.7 Å². The maximum absolute atomic E-state index is 13.9. The molecule has 3 aromatic rings. The molecule has 1 aliphatic heterocycles. The molecular weight excluding hydrogens is 446 g/mol. The van der Waals surface area contributed by atoms with Crippen molar-refractivity contribution in [2.24, 2.45) is 5.92 Å². The fraction of sp³-hybridized carbons (Fsp3) is 0.188. The van der Waals surface area contributed by atoms with Crippen molar-refractivity contribution in [2.45, 2.75) is 26.7 Å². The number of carbonyl (C=O) groups excluding carboxylic acids is 2. The average molecular weight is 476 g/mol. The highest BCUT2D eigenvalue weighted by Gasteiger charge is 2.36. The van der Waals surface area contributed by atoms with E-state index in [2.05, 4.69) is 17.2 Å². The Morgan fingerprint density at radius 1 is 0.861 bits per heavy atom. The van der Waals surface area contributed by atoms with Crippen molar-refractivity contribution in [1.82, 2.24) is 5.32 Å². The van der Waals surface area contributed by atoms with Crippen LogP contribution in [0, 0.1) is 17.8 Å². The number of ketones is 1. The van der Waals surface area contributed by atoms with Gasteiger partial charge in [0.2, 0.25) is 0 Å². The minimum absolute atomic E-state index is 0.0492. The monoisotopic (exact) mass is 475 g/mol. The third-order valence-electron chi connectivity index (χ3n) is 6.04. The van der Waals surface area contributed by atoms with Crippen LogP contribution in [0.4, 0.5) is 0 Å². The van der Waals surface area contributed by atoms with Gasteiger partial charge >= 0.3 is 5.97 Å². The van der Waals surface area contributed by atoms with Gasteiger partial charge in [-0.3, -0.25) is 4.79 Å². The van der Waals surface area contributed by atoms with Gasteiger partial charge in [0.25, 0.3) is 0 Å². The second kappa shape index (κ2) is 11.9. The number of carbonyl (C=O) groups is 2. The number of aryl methyl sites for hydroxylation is 1. The van der Waals surface area contributed by atoms with E-state index in [4.69, 9.17) is 4.74 Å². The highest BCUT2D eigenvalue weighted by Crippen LogP contribution is 2.35. The standard InChI is InChI=1S/C32H29NO3/c1-3-36-32(35)29-23(2)33-31(26-17-11-6-12-18-26)30(27(29)21-19-24-13-7-4-8-14-24)28(34)22-20-25-15-9-5-10-16-25/h4-18,27,33H,3,20,22H2,1-2H3. The molecule has 4 rings (SSSR count). The van der Waals surface area contributed by atoms with Crippen molar-refractivity contribution in [3.8, 4) is 11.8 Å². The molecule has 0 radical (unpaired) electrons. The van der Waals surface area contributed by atoms with Gasteiger partial charge in [0, 0.05) is 23.3 Å². The summed E-state index contributed by atoms with van der Waals surface area (Å²) in [6.45, 7) is 3.84. The van der Waals surface area contributed by atoms with Crippen molar-refractivity contribution < 1.29 is 14.3 Å². The van der Waals surface area contributed by atoms with Crippen LogP contribution < -0.4 is 5.32 Å². The number of allylic oxidation sites excluding steroid dienone is 2. The summed E-state index contributed by atoms with van der Waals surface area (Å²) in [5.41, 5.74) is 4.97. The van der Waals surface area contributed by atoms with Gasteiger partial charge < -0.3 is 10.1 Å². The van der Waals surface area contributed by atoms with Gasteiger partial charge in [0.1, 0.15) is 0 Å². The van der Waals surface area contributed by atoms with Crippen LogP contribution in [0.3, 0.4) is 0 Å². The van der Waals surface area contributed by atoms with E-state index in [1.165, 1.54) is 0 Å². The van der Waals surface area contributed by atoms with Crippen LogP contribution in [0.2, 0.25) is 0 Å². The first kappa shape index (κ1) is 24.8. The maximum atomic E-state index is 13.9. The topological polar surface area (TPSA) is 55.4 Å². The van der Waals surface area contributed by atoms with Crippen LogP contribution in [-0.4, -0.2) is 18.4 Å². The molecule has 0 aliphatic carbocycles. The van der Waals surface area contributed by atoms with Crippen LogP contribution in [0.25, 0.3) is 5.70 Å². The van der Waals surface area contributed by atoms with Gasteiger partial charge in [0.15, 0.2) is 5.78 Å². The molecular formula is C32H29NO3. The summed E-state index contributed by atoms with van der Waals surface area (Å²) in [6, 6.07) is 29.2. The maximum Gasteiger partial charge on any atom is 0.337 e. The van der Waals surface area contributed by atoms with Gasteiger partial charge in [-0.05, 0) is 43.5 Å². The summed E-state index contributed by atoms with van der Waals surface area (Å²) in [5, 5.41) is 3.35. The van der Waals surface area contributed by atoms with E-state index in [9.17, 15) is 9.59 Å². The summed E-state index contributed by atoms with van der Waals surface area (Å²) in [6.07, 6.45) is 0.900. The third kappa shape index (κ3) is 5.82. The van der Waals surface area contributed by atoms with E-state index in [0.29, 0.717) is 35.4 Å². The lowest BCUT2D eigenvalue weighted by Crippen LogP contribution is -2.32. The normalized spacial score (nSPS) is 15.0. The predicted octanol–water partition coefficient (Wildman–Crippen LogP) is 5.71. The zero-order valence-corrected chi connectivity index (χ0v) is 20.6. The lowest BCUT2D eigenvalue weighted by atomic mass is 9.80. The van der Waals surface area contributed by atoms with Crippen molar-refractivity contribution in [1.29, 1.82) is 0 Å². The van der Waals surface area contributed by atoms with Crippen LogP contribution in [0.5, 0.6) is 0 Å². The van der Waals surface area contributed by atoms with Gasteiger partial charge in [-0.1, -0.05) is 90.7 Å². The van der Waals surface area contributed by atoms with E-state index in [1.54, 1.807) is 6.92 Å². The molecule has 1 aliphatic rings. The minimum atomic E-state index is -0.719. The van der Waals surface area contributed by atoms with E-state index in [0.717, 1.165) is 16.7 Å². The molecule has 36 heavy (non-hydrogen) atoms.